The Morgan fingerprint density at radius 2 is 1.88 bits per heavy atom. The number of nitrogens with two attached hydrogens (primary N) is 1. The second-order valence-corrected chi connectivity index (χ2v) is 9.89. The molecule has 11 nitrogen and oxygen atoms in total. The van der Waals surface area contributed by atoms with E-state index in [0.717, 1.165) is 11.3 Å². The molecule has 1 saturated heterocycles. The number of benzene rings is 2. The smallest absolute Gasteiger partial charge is 0.317 e. The lowest BCUT2D eigenvalue weighted by Gasteiger charge is -2.35. The number of halogens is 2. The molecule has 2 aromatic carbocycles. The van der Waals surface area contributed by atoms with Crippen LogP contribution in [0.3, 0.4) is 0 Å². The molecule has 1 aliphatic heterocycles. The van der Waals surface area contributed by atoms with E-state index in [2.05, 4.69) is 20.6 Å². The highest BCUT2D eigenvalue weighted by molar-refractivity contribution is 6.33. The molecule has 41 heavy (non-hydrogen) atoms. The Morgan fingerprint density at radius 1 is 1.12 bits per heavy atom. The summed E-state index contributed by atoms with van der Waals surface area (Å²) in [5.74, 6) is -0.194. The van der Waals surface area contributed by atoms with Gasteiger partial charge in [0.1, 0.15) is 0 Å². The number of hydrogen-bond acceptors (Lipinski definition) is 7. The van der Waals surface area contributed by atoms with Crippen molar-refractivity contribution in [3.05, 3.63) is 70.9 Å². The summed E-state index contributed by atoms with van der Waals surface area (Å²) in [7, 11) is 1.38. The molecule has 0 unspecified atom stereocenters. The van der Waals surface area contributed by atoms with Crippen molar-refractivity contribution in [2.24, 2.45) is 5.73 Å². The van der Waals surface area contributed by atoms with E-state index in [4.69, 9.17) is 22.1 Å². The average molecular weight is 581 g/mol. The van der Waals surface area contributed by atoms with Crippen LogP contribution in [0.5, 0.6) is 5.75 Å². The molecule has 3 heterocycles. The second-order valence-electron chi connectivity index (χ2n) is 9.51. The van der Waals surface area contributed by atoms with Crippen LogP contribution in [0.25, 0.3) is 16.9 Å². The number of amides is 3. The Kier molecular flexibility index (Phi) is 8.22. The van der Waals surface area contributed by atoms with Crippen LogP contribution in [0.4, 0.5) is 20.7 Å². The predicted octanol–water partition coefficient (Wildman–Crippen LogP) is 3.68. The van der Waals surface area contributed by atoms with Crippen molar-refractivity contribution in [1.29, 1.82) is 0 Å². The van der Waals surface area contributed by atoms with E-state index in [1.807, 2.05) is 19.1 Å². The van der Waals surface area contributed by atoms with Gasteiger partial charge in [-0.3, -0.25) is 9.20 Å². The number of aromatic nitrogens is 3. The number of nitrogens with one attached hydrogen (secondary N) is 2. The number of anilines is 2. The summed E-state index contributed by atoms with van der Waals surface area (Å²) in [4.78, 5) is 37.8. The number of hydrogen-bond donors (Lipinski definition) is 3. The number of carbonyl (C=O) groups is 2. The van der Waals surface area contributed by atoms with E-state index in [-0.39, 0.29) is 22.7 Å². The molecule has 0 aliphatic carbocycles. The number of rotatable bonds is 7. The normalized spacial score (nSPS) is 13.4. The zero-order valence-electron chi connectivity index (χ0n) is 22.7. The molecule has 0 atom stereocenters. The highest BCUT2D eigenvalue weighted by Gasteiger charge is 2.25. The van der Waals surface area contributed by atoms with Gasteiger partial charge in [-0.1, -0.05) is 11.6 Å². The summed E-state index contributed by atoms with van der Waals surface area (Å²) in [6.45, 7) is 4.48. The number of ether oxygens (including phenoxy) is 1. The van der Waals surface area contributed by atoms with Gasteiger partial charge in [0.05, 0.1) is 24.0 Å². The van der Waals surface area contributed by atoms with Crippen LogP contribution in [-0.2, 0) is 0 Å². The molecule has 2 aromatic heterocycles. The number of carbonyl (C=O) groups excluding carboxylic acids is 2. The maximum Gasteiger partial charge on any atom is 0.317 e. The number of imidazole rings is 1. The average Bonchev–Trinajstić information content (AvgIpc) is 3.42. The highest BCUT2D eigenvalue weighted by atomic mass is 35.5. The van der Waals surface area contributed by atoms with E-state index >= 15 is 0 Å². The zero-order valence-corrected chi connectivity index (χ0v) is 23.4. The first-order chi connectivity index (χ1) is 19.8. The van der Waals surface area contributed by atoms with Crippen molar-refractivity contribution in [3.63, 3.8) is 0 Å². The number of urea groups is 1. The van der Waals surface area contributed by atoms with Gasteiger partial charge in [-0.15, -0.1) is 0 Å². The number of fused-ring (bicyclic) bond motifs is 1. The van der Waals surface area contributed by atoms with Gasteiger partial charge >= 0.3 is 6.03 Å². The van der Waals surface area contributed by atoms with Crippen LogP contribution in [-0.4, -0.2) is 82.5 Å². The fourth-order valence-corrected chi connectivity index (χ4v) is 5.04. The Hall–Kier alpha value is -4.42. The highest BCUT2D eigenvalue weighted by Crippen LogP contribution is 2.35. The van der Waals surface area contributed by atoms with E-state index in [1.165, 1.54) is 13.2 Å². The molecule has 0 bridgehead atoms. The first-order valence-corrected chi connectivity index (χ1v) is 13.4. The summed E-state index contributed by atoms with van der Waals surface area (Å²) < 4.78 is 21.4. The van der Waals surface area contributed by atoms with Gasteiger partial charge in [-0.05, 0) is 42.8 Å². The summed E-state index contributed by atoms with van der Waals surface area (Å²) in [6, 6.07) is 8.48. The second kappa shape index (κ2) is 12.0. The van der Waals surface area contributed by atoms with Crippen LogP contribution in [0.2, 0.25) is 5.02 Å². The molecule has 0 saturated carbocycles. The maximum atomic E-state index is 14.6. The van der Waals surface area contributed by atoms with Crippen molar-refractivity contribution in [3.8, 4) is 17.0 Å². The van der Waals surface area contributed by atoms with Gasteiger partial charge in [-0.25, -0.2) is 19.2 Å². The third-order valence-electron chi connectivity index (χ3n) is 6.96. The van der Waals surface area contributed by atoms with Crippen LogP contribution in [0.15, 0.2) is 48.9 Å². The van der Waals surface area contributed by atoms with Gasteiger partial charge < -0.3 is 30.9 Å². The van der Waals surface area contributed by atoms with E-state index in [9.17, 15) is 14.0 Å². The largest absolute Gasteiger partial charge is 0.494 e. The Balaban J connectivity index is 1.31. The maximum absolute atomic E-state index is 14.6. The molecular weight excluding hydrogens is 551 g/mol. The first kappa shape index (κ1) is 28.1. The third kappa shape index (κ3) is 5.61. The number of aryl methyl sites for hydroxylation is 1. The Labute approximate surface area is 241 Å². The van der Waals surface area contributed by atoms with Crippen molar-refractivity contribution in [1.82, 2.24) is 29.5 Å². The molecular formula is C28H30ClFN8O3. The lowest BCUT2D eigenvalue weighted by atomic mass is 10.1. The van der Waals surface area contributed by atoms with E-state index in [1.54, 1.807) is 44.9 Å². The number of nitrogens with zero attached hydrogens (tertiary/aromatic N) is 5. The number of methoxy groups -OCH3 is 1. The molecule has 3 amide bonds. The monoisotopic (exact) mass is 580 g/mol. The van der Waals surface area contributed by atoms with Crippen molar-refractivity contribution in [2.45, 2.75) is 6.92 Å². The zero-order chi connectivity index (χ0) is 29.1. The standard InChI is InChI=1S/C28H30ClFN8O3/c1-17-15-18(3-4-19(17)27(39)36-11-13-37(14-12-36)28(40)33-8-7-31)35-25-26-34-16-21(38(26)10-9-32-25)20-5-6-22(41-2)24(30)23(20)29/h3-6,9-10,15-16H,7-8,11-14,31H2,1-2H3,(H,32,35)(H,33,40). The van der Waals surface area contributed by atoms with Crippen molar-refractivity contribution >= 4 is 40.7 Å². The minimum atomic E-state index is -0.644. The van der Waals surface area contributed by atoms with Crippen LogP contribution in [0.1, 0.15) is 15.9 Å². The Bertz CT molecular complexity index is 1600. The van der Waals surface area contributed by atoms with Gasteiger partial charge in [0.2, 0.25) is 0 Å². The quantitative estimate of drug-likeness (QED) is 0.304. The molecule has 13 heteroatoms. The minimum Gasteiger partial charge on any atom is -0.494 e. The molecule has 0 radical (unpaired) electrons. The lowest BCUT2D eigenvalue weighted by molar-refractivity contribution is 0.0664. The van der Waals surface area contributed by atoms with Crippen LogP contribution in [0, 0.1) is 12.7 Å². The number of piperazine rings is 1. The van der Waals surface area contributed by atoms with Gasteiger partial charge in [0.25, 0.3) is 5.91 Å². The molecule has 5 rings (SSSR count). The molecule has 4 N–H and O–H groups in total. The fraction of sp³-hybridized carbons (Fsp3) is 0.286. The predicted molar refractivity (Wildman–Crippen MR) is 154 cm³/mol. The van der Waals surface area contributed by atoms with Crippen molar-refractivity contribution in [2.75, 3.05) is 51.7 Å². The summed E-state index contributed by atoms with van der Waals surface area (Å²) in [5, 5.41) is 5.96. The summed E-state index contributed by atoms with van der Waals surface area (Å²) >= 11 is 6.31. The molecule has 214 valence electrons. The van der Waals surface area contributed by atoms with Crippen LogP contribution >= 0.6 is 11.6 Å². The third-order valence-corrected chi connectivity index (χ3v) is 7.33. The van der Waals surface area contributed by atoms with Gasteiger partial charge in [0.15, 0.2) is 23.0 Å². The van der Waals surface area contributed by atoms with E-state index in [0.29, 0.717) is 67.6 Å². The van der Waals surface area contributed by atoms with Crippen LogP contribution < -0.4 is 21.1 Å². The lowest BCUT2D eigenvalue weighted by Crippen LogP contribution is -2.53. The first-order valence-electron chi connectivity index (χ1n) is 13.1. The molecule has 4 aromatic rings. The molecule has 1 fully saturated rings. The Morgan fingerprint density at radius 3 is 2.59 bits per heavy atom. The summed E-state index contributed by atoms with van der Waals surface area (Å²) in [5.41, 5.74) is 9.11. The molecule has 1 aliphatic rings. The minimum absolute atomic E-state index is 0.0573. The summed E-state index contributed by atoms with van der Waals surface area (Å²) in [6.07, 6.45) is 4.93. The SMILES string of the molecule is COc1ccc(-c2cnc3c(Nc4ccc(C(=O)N5CCN(C(=O)NCCN)CC5)c(C)c4)nccn23)c(Cl)c1F. The topological polar surface area (TPSA) is 130 Å². The van der Waals surface area contributed by atoms with E-state index < -0.39 is 5.82 Å². The fourth-order valence-electron chi connectivity index (χ4n) is 4.79. The van der Waals surface area contributed by atoms with Crippen molar-refractivity contribution < 1.29 is 18.7 Å². The molecule has 0 spiro atoms. The van der Waals surface area contributed by atoms with Gasteiger partial charge in [-0.2, -0.15) is 0 Å². The van der Waals surface area contributed by atoms with Gasteiger partial charge in [0, 0.05) is 68.5 Å².